The van der Waals surface area contributed by atoms with E-state index in [0.29, 0.717) is 19.6 Å². The quantitative estimate of drug-likeness (QED) is 0.848. The third kappa shape index (κ3) is 2.90. The number of hydrogen-bond acceptors (Lipinski definition) is 3. The van der Waals surface area contributed by atoms with E-state index in [1.165, 1.54) is 5.56 Å². The van der Waals surface area contributed by atoms with E-state index in [0.717, 1.165) is 0 Å². The van der Waals surface area contributed by atoms with Crippen molar-refractivity contribution in [3.63, 3.8) is 0 Å². The number of carbonyl (C=O) groups is 1. The molecule has 22 heavy (non-hydrogen) atoms. The number of nitrogens with two attached hydrogens (primary N) is 1. The van der Waals surface area contributed by atoms with Gasteiger partial charge in [-0.25, -0.2) is 0 Å². The van der Waals surface area contributed by atoms with Gasteiger partial charge in [0.1, 0.15) is 5.54 Å². The summed E-state index contributed by atoms with van der Waals surface area (Å²) in [5, 5.41) is 3.02. The third-order valence-corrected chi connectivity index (χ3v) is 5.17. The molecule has 1 saturated carbocycles. The Morgan fingerprint density at radius 3 is 2.59 bits per heavy atom. The highest BCUT2D eigenvalue weighted by Crippen LogP contribution is 2.49. The first-order valence-electron chi connectivity index (χ1n) is 8.06. The van der Waals surface area contributed by atoms with Crippen LogP contribution in [0.5, 0.6) is 0 Å². The topological polar surface area (TPSA) is 64.3 Å². The van der Waals surface area contributed by atoms with Gasteiger partial charge < -0.3 is 15.8 Å². The average Bonchev–Trinajstić information content (AvgIpc) is 2.52. The SMILES string of the molecule is CCOC1CC(N)(C(=O)NCC(C)c2ccccc2)C1(C)C. The number of hydrogen-bond donors (Lipinski definition) is 2. The average molecular weight is 304 g/mol. The summed E-state index contributed by atoms with van der Waals surface area (Å²) < 4.78 is 5.67. The summed E-state index contributed by atoms with van der Waals surface area (Å²) in [6.07, 6.45) is 0.638. The highest BCUT2D eigenvalue weighted by molar-refractivity contribution is 5.88. The predicted octanol–water partition coefficient (Wildman–Crippen LogP) is 2.44. The molecule has 4 heteroatoms. The Balaban J connectivity index is 1.93. The van der Waals surface area contributed by atoms with E-state index in [2.05, 4.69) is 24.4 Å². The van der Waals surface area contributed by atoms with Crippen LogP contribution >= 0.6 is 0 Å². The highest BCUT2D eigenvalue weighted by Gasteiger charge is 2.62. The van der Waals surface area contributed by atoms with Crippen LogP contribution in [0.2, 0.25) is 0 Å². The first kappa shape index (κ1) is 17.0. The zero-order chi connectivity index (χ0) is 16.4. The van der Waals surface area contributed by atoms with Crippen molar-refractivity contribution in [1.29, 1.82) is 0 Å². The zero-order valence-electron chi connectivity index (χ0n) is 14.1. The first-order chi connectivity index (χ1) is 10.3. The van der Waals surface area contributed by atoms with E-state index in [9.17, 15) is 4.79 Å². The van der Waals surface area contributed by atoms with Crippen molar-refractivity contribution in [2.24, 2.45) is 11.1 Å². The normalized spacial score (nSPS) is 27.8. The Morgan fingerprint density at radius 1 is 1.41 bits per heavy atom. The van der Waals surface area contributed by atoms with Gasteiger partial charge in [0.2, 0.25) is 5.91 Å². The molecule has 1 fully saturated rings. The molecule has 1 amide bonds. The Hall–Kier alpha value is -1.39. The van der Waals surface area contributed by atoms with Crippen LogP contribution < -0.4 is 11.1 Å². The van der Waals surface area contributed by atoms with Crippen molar-refractivity contribution in [3.05, 3.63) is 35.9 Å². The summed E-state index contributed by atoms with van der Waals surface area (Å²) in [5.41, 5.74) is 6.41. The molecule has 0 saturated heterocycles. The Morgan fingerprint density at radius 2 is 2.05 bits per heavy atom. The second-order valence-electron chi connectivity index (χ2n) is 6.86. The highest BCUT2D eigenvalue weighted by atomic mass is 16.5. The van der Waals surface area contributed by atoms with Crippen molar-refractivity contribution in [3.8, 4) is 0 Å². The van der Waals surface area contributed by atoms with Gasteiger partial charge in [0, 0.05) is 25.0 Å². The molecule has 1 aromatic rings. The summed E-state index contributed by atoms with van der Waals surface area (Å²) >= 11 is 0. The minimum absolute atomic E-state index is 0.0554. The van der Waals surface area contributed by atoms with Crippen LogP contribution in [0.4, 0.5) is 0 Å². The lowest BCUT2D eigenvalue weighted by molar-refractivity contribution is -0.170. The van der Waals surface area contributed by atoms with Crippen molar-refractivity contribution in [1.82, 2.24) is 5.32 Å². The molecule has 3 atom stereocenters. The van der Waals surface area contributed by atoms with Crippen LogP contribution in [0.3, 0.4) is 0 Å². The van der Waals surface area contributed by atoms with Gasteiger partial charge in [0.05, 0.1) is 6.10 Å². The van der Waals surface area contributed by atoms with Crippen molar-refractivity contribution in [2.75, 3.05) is 13.2 Å². The number of carbonyl (C=O) groups excluding carboxylic acids is 1. The minimum Gasteiger partial charge on any atom is -0.378 e. The van der Waals surface area contributed by atoms with Gasteiger partial charge in [-0.1, -0.05) is 51.1 Å². The molecule has 122 valence electrons. The second kappa shape index (κ2) is 6.39. The molecule has 2 rings (SSSR count). The maximum absolute atomic E-state index is 12.6. The third-order valence-electron chi connectivity index (χ3n) is 5.17. The summed E-state index contributed by atoms with van der Waals surface area (Å²) in [4.78, 5) is 12.6. The molecule has 0 heterocycles. The number of amides is 1. The summed E-state index contributed by atoms with van der Waals surface area (Å²) in [6.45, 7) is 9.34. The zero-order valence-corrected chi connectivity index (χ0v) is 14.1. The van der Waals surface area contributed by atoms with Crippen molar-refractivity contribution in [2.45, 2.75) is 51.7 Å². The first-order valence-corrected chi connectivity index (χ1v) is 8.06. The largest absolute Gasteiger partial charge is 0.378 e. The van der Waals surface area contributed by atoms with Gasteiger partial charge in [0.15, 0.2) is 0 Å². The number of rotatable bonds is 6. The molecule has 0 bridgehead atoms. The lowest BCUT2D eigenvalue weighted by Crippen LogP contribution is -2.75. The van der Waals surface area contributed by atoms with Gasteiger partial charge in [-0.15, -0.1) is 0 Å². The van der Waals surface area contributed by atoms with Gasteiger partial charge >= 0.3 is 0 Å². The lowest BCUT2D eigenvalue weighted by Gasteiger charge is -2.57. The van der Waals surface area contributed by atoms with Crippen LogP contribution in [0, 0.1) is 5.41 Å². The monoisotopic (exact) mass is 304 g/mol. The van der Waals surface area contributed by atoms with Gasteiger partial charge in [-0.05, 0) is 18.4 Å². The molecule has 0 aliphatic heterocycles. The van der Waals surface area contributed by atoms with Crippen LogP contribution in [-0.4, -0.2) is 30.7 Å². The molecule has 3 N–H and O–H groups in total. The maximum atomic E-state index is 12.6. The lowest BCUT2D eigenvalue weighted by atomic mass is 9.54. The predicted molar refractivity (Wildman–Crippen MR) is 88.6 cm³/mol. The molecule has 0 radical (unpaired) electrons. The molecule has 3 unspecified atom stereocenters. The van der Waals surface area contributed by atoms with E-state index in [4.69, 9.17) is 10.5 Å². The summed E-state index contributed by atoms with van der Waals surface area (Å²) in [7, 11) is 0. The fourth-order valence-corrected chi connectivity index (χ4v) is 3.12. The Kier molecular flexibility index (Phi) is 4.93. The van der Waals surface area contributed by atoms with E-state index < -0.39 is 5.54 Å². The number of benzene rings is 1. The molecular weight excluding hydrogens is 276 g/mol. The van der Waals surface area contributed by atoms with E-state index in [1.807, 2.05) is 39.0 Å². The molecular formula is C18H28N2O2. The van der Waals surface area contributed by atoms with Gasteiger partial charge in [-0.3, -0.25) is 4.79 Å². The van der Waals surface area contributed by atoms with Crippen LogP contribution in [0.15, 0.2) is 30.3 Å². The summed E-state index contributed by atoms with van der Waals surface area (Å²) in [5.74, 6) is 0.191. The second-order valence-corrected chi connectivity index (χ2v) is 6.86. The number of ether oxygens (including phenoxy) is 1. The van der Waals surface area contributed by atoms with Crippen molar-refractivity contribution >= 4 is 5.91 Å². The number of nitrogens with one attached hydrogen (secondary N) is 1. The van der Waals surface area contributed by atoms with Crippen LogP contribution in [0.25, 0.3) is 0 Å². The van der Waals surface area contributed by atoms with Crippen LogP contribution in [0.1, 0.15) is 45.6 Å². The smallest absolute Gasteiger partial charge is 0.240 e. The van der Waals surface area contributed by atoms with Gasteiger partial charge in [-0.2, -0.15) is 0 Å². The fourth-order valence-electron chi connectivity index (χ4n) is 3.12. The molecule has 4 nitrogen and oxygen atoms in total. The van der Waals surface area contributed by atoms with E-state index in [1.54, 1.807) is 0 Å². The fraction of sp³-hybridized carbons (Fsp3) is 0.611. The molecule has 1 aromatic carbocycles. The Labute approximate surface area is 133 Å². The standard InChI is InChI=1S/C18H28N2O2/c1-5-22-15-11-18(19,17(15,3)4)16(21)20-12-13(2)14-9-7-6-8-10-14/h6-10,13,15H,5,11-12,19H2,1-4H3,(H,20,21). The van der Waals surface area contributed by atoms with E-state index in [-0.39, 0.29) is 23.3 Å². The van der Waals surface area contributed by atoms with E-state index >= 15 is 0 Å². The maximum Gasteiger partial charge on any atom is 0.240 e. The molecule has 1 aliphatic carbocycles. The van der Waals surface area contributed by atoms with Gasteiger partial charge in [0.25, 0.3) is 0 Å². The molecule has 0 aromatic heterocycles. The van der Waals surface area contributed by atoms with Crippen LogP contribution in [-0.2, 0) is 9.53 Å². The molecule has 1 aliphatic rings. The molecule has 0 spiro atoms. The van der Waals surface area contributed by atoms with Crippen molar-refractivity contribution < 1.29 is 9.53 Å². The minimum atomic E-state index is -0.844. The Bertz CT molecular complexity index is 515. The summed E-state index contributed by atoms with van der Waals surface area (Å²) in [6, 6.07) is 10.2.